The molecule has 0 amide bonds. The maximum Gasteiger partial charge on any atom is 0.220 e. The SMILES string of the molecule is CCCCCCCCCCCCCCc1ccccc(=O)c1O. The third kappa shape index (κ3) is 9.43. The highest BCUT2D eigenvalue weighted by molar-refractivity contribution is 5.30. The molecule has 0 saturated heterocycles. The van der Waals surface area contributed by atoms with Gasteiger partial charge in [-0.3, -0.25) is 4.79 Å². The van der Waals surface area contributed by atoms with Crippen LogP contribution in [0.5, 0.6) is 5.75 Å². The minimum absolute atomic E-state index is 0.0712. The molecule has 0 bridgehead atoms. The van der Waals surface area contributed by atoms with Crippen LogP contribution in [0.25, 0.3) is 0 Å². The molecule has 130 valence electrons. The first-order valence-electron chi connectivity index (χ1n) is 9.57. The lowest BCUT2D eigenvalue weighted by Gasteiger charge is -2.03. The summed E-state index contributed by atoms with van der Waals surface area (Å²) >= 11 is 0. The number of rotatable bonds is 13. The lowest BCUT2D eigenvalue weighted by molar-refractivity contribution is 0.461. The highest BCUT2D eigenvalue weighted by Gasteiger charge is 2.02. The Kier molecular flexibility index (Phi) is 11.3. The van der Waals surface area contributed by atoms with Gasteiger partial charge >= 0.3 is 0 Å². The Morgan fingerprint density at radius 1 is 0.739 bits per heavy atom. The average Bonchev–Trinajstić information content (AvgIpc) is 2.71. The zero-order valence-corrected chi connectivity index (χ0v) is 14.9. The molecular weight excluding hydrogens is 284 g/mol. The zero-order chi connectivity index (χ0) is 16.8. The van der Waals surface area contributed by atoms with Crippen LogP contribution in [0.2, 0.25) is 0 Å². The van der Waals surface area contributed by atoms with E-state index in [-0.39, 0.29) is 11.2 Å². The molecule has 23 heavy (non-hydrogen) atoms. The molecule has 0 heterocycles. The summed E-state index contributed by atoms with van der Waals surface area (Å²) in [5.74, 6) is -0.0712. The average molecular weight is 319 g/mol. The van der Waals surface area contributed by atoms with Crippen molar-refractivity contribution in [3.8, 4) is 5.75 Å². The van der Waals surface area contributed by atoms with Gasteiger partial charge in [0.2, 0.25) is 5.43 Å². The summed E-state index contributed by atoms with van der Waals surface area (Å²) in [6.45, 7) is 2.26. The van der Waals surface area contributed by atoms with Gasteiger partial charge in [0.05, 0.1) is 0 Å². The van der Waals surface area contributed by atoms with Crippen molar-refractivity contribution in [3.05, 3.63) is 40.1 Å². The summed E-state index contributed by atoms with van der Waals surface area (Å²) in [6.07, 6.45) is 16.7. The summed E-state index contributed by atoms with van der Waals surface area (Å²) in [5, 5.41) is 9.82. The number of unbranched alkanes of at least 4 members (excludes halogenated alkanes) is 11. The number of hydrogen-bond acceptors (Lipinski definition) is 2. The second-order valence-corrected chi connectivity index (χ2v) is 6.60. The molecule has 0 unspecified atom stereocenters. The molecule has 0 aromatic heterocycles. The van der Waals surface area contributed by atoms with E-state index in [4.69, 9.17) is 0 Å². The predicted molar refractivity (Wildman–Crippen MR) is 99.2 cm³/mol. The molecule has 0 atom stereocenters. The molecule has 0 aliphatic heterocycles. The Morgan fingerprint density at radius 3 is 1.78 bits per heavy atom. The molecule has 1 N–H and O–H groups in total. The van der Waals surface area contributed by atoms with Gasteiger partial charge in [0.25, 0.3) is 0 Å². The summed E-state index contributed by atoms with van der Waals surface area (Å²) < 4.78 is 0. The van der Waals surface area contributed by atoms with Gasteiger partial charge in [-0.1, -0.05) is 95.8 Å². The van der Waals surface area contributed by atoms with E-state index in [0.717, 1.165) is 18.4 Å². The first kappa shape index (κ1) is 19.7. The molecule has 0 spiro atoms. The topological polar surface area (TPSA) is 37.3 Å². The van der Waals surface area contributed by atoms with Gasteiger partial charge in [0.15, 0.2) is 5.75 Å². The van der Waals surface area contributed by atoms with Crippen LogP contribution in [0.1, 0.15) is 89.5 Å². The molecule has 2 nitrogen and oxygen atoms in total. The van der Waals surface area contributed by atoms with Crippen molar-refractivity contribution in [1.29, 1.82) is 0 Å². The standard InChI is InChI=1S/C21H34O2/c1-2-3-4-5-6-7-8-9-10-11-12-13-16-19-17-14-15-18-20(22)21(19)23/h14-15,17-18H,2-13,16H2,1H3,(H,22,23). The molecule has 1 rings (SSSR count). The van der Waals surface area contributed by atoms with Crippen molar-refractivity contribution in [2.24, 2.45) is 0 Å². The number of aryl methyl sites for hydroxylation is 1. The first-order chi connectivity index (χ1) is 11.3. The van der Waals surface area contributed by atoms with E-state index in [1.165, 1.54) is 76.7 Å². The minimum Gasteiger partial charge on any atom is -0.504 e. The molecule has 1 aromatic carbocycles. The van der Waals surface area contributed by atoms with Gasteiger partial charge in [-0.25, -0.2) is 0 Å². The summed E-state index contributed by atoms with van der Waals surface area (Å²) in [5.41, 5.74) is 0.510. The van der Waals surface area contributed by atoms with Crippen LogP contribution in [0, 0.1) is 0 Å². The van der Waals surface area contributed by atoms with Gasteiger partial charge < -0.3 is 5.11 Å². The highest BCUT2D eigenvalue weighted by atomic mass is 16.3. The van der Waals surface area contributed by atoms with E-state index in [0.29, 0.717) is 0 Å². The fourth-order valence-corrected chi connectivity index (χ4v) is 2.99. The van der Waals surface area contributed by atoms with Crippen molar-refractivity contribution < 1.29 is 5.11 Å². The summed E-state index contributed by atoms with van der Waals surface area (Å²) in [4.78, 5) is 11.5. The maximum atomic E-state index is 11.5. The highest BCUT2D eigenvalue weighted by Crippen LogP contribution is 2.16. The van der Waals surface area contributed by atoms with Crippen LogP contribution in [0.3, 0.4) is 0 Å². The fraction of sp³-hybridized carbons (Fsp3) is 0.667. The van der Waals surface area contributed by atoms with Gasteiger partial charge in [-0.15, -0.1) is 0 Å². The van der Waals surface area contributed by atoms with Gasteiger partial charge in [0, 0.05) is 0 Å². The monoisotopic (exact) mass is 318 g/mol. The Balaban J connectivity index is 1.99. The Hall–Kier alpha value is -1.31. The molecule has 0 radical (unpaired) electrons. The smallest absolute Gasteiger partial charge is 0.220 e. The largest absolute Gasteiger partial charge is 0.504 e. The molecule has 2 heteroatoms. The van der Waals surface area contributed by atoms with E-state index in [2.05, 4.69) is 6.92 Å². The first-order valence-corrected chi connectivity index (χ1v) is 9.57. The lowest BCUT2D eigenvalue weighted by atomic mass is 10.0. The molecular formula is C21H34O2. The summed E-state index contributed by atoms with van der Waals surface area (Å²) in [6, 6.07) is 6.79. The Bertz CT molecular complexity index is 468. The second-order valence-electron chi connectivity index (χ2n) is 6.60. The zero-order valence-electron chi connectivity index (χ0n) is 14.9. The minimum atomic E-state index is -0.274. The molecule has 0 fully saturated rings. The van der Waals surface area contributed by atoms with Crippen LogP contribution in [0.15, 0.2) is 29.1 Å². The van der Waals surface area contributed by atoms with Gasteiger partial charge in [-0.05, 0) is 24.5 Å². The quantitative estimate of drug-likeness (QED) is 0.453. The summed E-state index contributed by atoms with van der Waals surface area (Å²) in [7, 11) is 0. The molecule has 1 aromatic rings. The Morgan fingerprint density at radius 2 is 1.22 bits per heavy atom. The maximum absolute atomic E-state index is 11.5. The number of aromatic hydroxyl groups is 1. The van der Waals surface area contributed by atoms with E-state index in [9.17, 15) is 9.90 Å². The van der Waals surface area contributed by atoms with Crippen molar-refractivity contribution in [2.75, 3.05) is 0 Å². The molecule has 0 saturated carbocycles. The van der Waals surface area contributed by atoms with E-state index in [1.807, 2.05) is 12.1 Å². The van der Waals surface area contributed by atoms with Crippen LogP contribution < -0.4 is 5.43 Å². The Labute approximate surface area is 142 Å². The predicted octanol–water partition coefficient (Wildman–Crippen LogP) is 6.00. The van der Waals surface area contributed by atoms with E-state index in [1.54, 1.807) is 6.07 Å². The van der Waals surface area contributed by atoms with Gasteiger partial charge in [-0.2, -0.15) is 0 Å². The van der Waals surface area contributed by atoms with Crippen LogP contribution >= 0.6 is 0 Å². The van der Waals surface area contributed by atoms with E-state index >= 15 is 0 Å². The van der Waals surface area contributed by atoms with Crippen molar-refractivity contribution >= 4 is 0 Å². The van der Waals surface area contributed by atoms with Crippen molar-refractivity contribution in [1.82, 2.24) is 0 Å². The van der Waals surface area contributed by atoms with Crippen LogP contribution in [-0.2, 0) is 6.42 Å². The number of hydrogen-bond donors (Lipinski definition) is 1. The van der Waals surface area contributed by atoms with Crippen molar-refractivity contribution in [2.45, 2.75) is 90.4 Å². The molecule has 0 aliphatic carbocycles. The second kappa shape index (κ2) is 13.2. The van der Waals surface area contributed by atoms with Crippen molar-refractivity contribution in [3.63, 3.8) is 0 Å². The third-order valence-corrected chi connectivity index (χ3v) is 4.49. The normalized spacial score (nSPS) is 10.8. The van der Waals surface area contributed by atoms with Gasteiger partial charge in [0.1, 0.15) is 0 Å². The van der Waals surface area contributed by atoms with Crippen LogP contribution in [-0.4, -0.2) is 5.11 Å². The van der Waals surface area contributed by atoms with Crippen LogP contribution in [0.4, 0.5) is 0 Å². The lowest BCUT2D eigenvalue weighted by Crippen LogP contribution is -1.97. The molecule has 0 aliphatic rings. The third-order valence-electron chi connectivity index (χ3n) is 4.49. The fourth-order valence-electron chi connectivity index (χ4n) is 2.99. The van der Waals surface area contributed by atoms with E-state index < -0.39 is 0 Å².